The van der Waals surface area contributed by atoms with Crippen LogP contribution in [0.5, 0.6) is 5.75 Å². The normalized spacial score (nSPS) is 16.5. The van der Waals surface area contributed by atoms with Gasteiger partial charge in [0.1, 0.15) is 23.4 Å². The molecule has 0 aliphatic carbocycles. The Morgan fingerprint density at radius 1 is 1.20 bits per heavy atom. The lowest BCUT2D eigenvalue weighted by molar-refractivity contribution is -0.134. The summed E-state index contributed by atoms with van der Waals surface area (Å²) in [6.45, 7) is 0.690. The molecular formula is C24H25FN2O3. The van der Waals surface area contributed by atoms with Crippen LogP contribution < -0.4 is 4.74 Å². The molecule has 0 saturated carbocycles. The van der Waals surface area contributed by atoms with Crippen LogP contribution in [0, 0.1) is 5.82 Å². The minimum Gasteiger partial charge on any atom is -0.497 e. The van der Waals surface area contributed by atoms with Crippen molar-refractivity contribution in [2.45, 2.75) is 38.1 Å². The van der Waals surface area contributed by atoms with Gasteiger partial charge in [-0.15, -0.1) is 0 Å². The SMILES string of the molecule is COc1cccc(CC(=O)N2CCCCC2c2ncc(Cc3cccc(F)c3)o2)c1. The molecular weight excluding hydrogens is 383 g/mol. The van der Waals surface area contributed by atoms with E-state index in [4.69, 9.17) is 9.15 Å². The second-order valence-electron chi connectivity index (χ2n) is 7.60. The Bertz CT molecular complexity index is 1020. The van der Waals surface area contributed by atoms with Crippen LogP contribution in [0.4, 0.5) is 4.39 Å². The third-order valence-corrected chi connectivity index (χ3v) is 5.44. The van der Waals surface area contributed by atoms with Gasteiger partial charge in [0.05, 0.1) is 19.7 Å². The maximum atomic E-state index is 13.4. The summed E-state index contributed by atoms with van der Waals surface area (Å²) in [5, 5.41) is 0. The first kappa shape index (κ1) is 20.1. The maximum absolute atomic E-state index is 13.4. The zero-order valence-electron chi connectivity index (χ0n) is 17.0. The van der Waals surface area contributed by atoms with Gasteiger partial charge in [0, 0.05) is 13.0 Å². The number of hydrogen-bond acceptors (Lipinski definition) is 4. The number of hydrogen-bond donors (Lipinski definition) is 0. The zero-order chi connectivity index (χ0) is 20.9. The number of likely N-dealkylation sites (tertiary alicyclic amines) is 1. The summed E-state index contributed by atoms with van der Waals surface area (Å²) < 4.78 is 24.7. The summed E-state index contributed by atoms with van der Waals surface area (Å²) in [7, 11) is 1.62. The van der Waals surface area contributed by atoms with Gasteiger partial charge in [0.2, 0.25) is 11.8 Å². The standard InChI is InChI=1S/C24H25FN2O3/c1-29-20-9-5-7-18(13-20)15-23(28)27-11-3-2-10-22(27)24-26-16-21(30-24)14-17-6-4-8-19(25)12-17/h4-9,12-13,16,22H,2-3,10-11,14-15H2,1H3. The highest BCUT2D eigenvalue weighted by Crippen LogP contribution is 2.31. The summed E-state index contributed by atoms with van der Waals surface area (Å²) in [5.41, 5.74) is 1.75. The van der Waals surface area contributed by atoms with E-state index >= 15 is 0 Å². The molecule has 1 fully saturated rings. The number of piperidine rings is 1. The van der Waals surface area contributed by atoms with Crippen molar-refractivity contribution < 1.29 is 18.3 Å². The number of rotatable bonds is 6. The summed E-state index contributed by atoms with van der Waals surface area (Å²) in [6, 6.07) is 13.9. The predicted molar refractivity (Wildman–Crippen MR) is 111 cm³/mol. The maximum Gasteiger partial charge on any atom is 0.227 e. The lowest BCUT2D eigenvalue weighted by Gasteiger charge is -2.34. The molecule has 4 rings (SSSR count). The Kier molecular flexibility index (Phi) is 6.12. The van der Waals surface area contributed by atoms with Crippen molar-refractivity contribution in [2.75, 3.05) is 13.7 Å². The van der Waals surface area contributed by atoms with Crippen LogP contribution in [-0.4, -0.2) is 29.4 Å². The van der Waals surface area contributed by atoms with Gasteiger partial charge in [-0.3, -0.25) is 4.79 Å². The van der Waals surface area contributed by atoms with E-state index < -0.39 is 0 Å². The Morgan fingerprint density at radius 3 is 2.87 bits per heavy atom. The smallest absolute Gasteiger partial charge is 0.227 e. The number of ether oxygens (including phenoxy) is 1. The largest absolute Gasteiger partial charge is 0.497 e. The monoisotopic (exact) mass is 408 g/mol. The van der Waals surface area contributed by atoms with E-state index in [0.717, 1.165) is 36.1 Å². The molecule has 5 nitrogen and oxygen atoms in total. The zero-order valence-corrected chi connectivity index (χ0v) is 17.0. The number of carbonyl (C=O) groups is 1. The summed E-state index contributed by atoms with van der Waals surface area (Å²) in [5.74, 6) is 1.75. The molecule has 1 aliphatic heterocycles. The number of amides is 1. The minimum atomic E-state index is -0.270. The fourth-order valence-corrected chi connectivity index (χ4v) is 3.95. The quantitative estimate of drug-likeness (QED) is 0.593. The number of nitrogens with zero attached hydrogens (tertiary/aromatic N) is 2. The van der Waals surface area contributed by atoms with E-state index in [0.29, 0.717) is 31.0 Å². The highest BCUT2D eigenvalue weighted by atomic mass is 19.1. The third kappa shape index (κ3) is 4.70. The average Bonchev–Trinajstić information content (AvgIpc) is 3.22. The molecule has 0 radical (unpaired) electrons. The van der Waals surface area contributed by atoms with E-state index in [1.165, 1.54) is 12.1 Å². The predicted octanol–water partition coefficient (Wildman–Crippen LogP) is 4.71. The molecule has 1 amide bonds. The summed E-state index contributed by atoms with van der Waals surface area (Å²) in [4.78, 5) is 19.4. The molecule has 1 atom stereocenters. The van der Waals surface area contributed by atoms with E-state index in [9.17, 15) is 9.18 Å². The van der Waals surface area contributed by atoms with Crippen LogP contribution in [0.15, 0.2) is 59.1 Å². The first-order valence-corrected chi connectivity index (χ1v) is 10.2. The van der Waals surface area contributed by atoms with Crippen molar-refractivity contribution in [3.05, 3.63) is 83.3 Å². The van der Waals surface area contributed by atoms with Crippen LogP contribution in [-0.2, 0) is 17.6 Å². The van der Waals surface area contributed by atoms with Crippen LogP contribution >= 0.6 is 0 Å². The van der Waals surface area contributed by atoms with E-state index in [-0.39, 0.29) is 17.8 Å². The Morgan fingerprint density at radius 2 is 2.03 bits per heavy atom. The van der Waals surface area contributed by atoms with Crippen LogP contribution in [0.1, 0.15) is 48.1 Å². The van der Waals surface area contributed by atoms with Crippen molar-refractivity contribution >= 4 is 5.91 Å². The van der Waals surface area contributed by atoms with E-state index in [1.807, 2.05) is 35.2 Å². The number of oxazole rings is 1. The summed E-state index contributed by atoms with van der Waals surface area (Å²) in [6.07, 6.45) is 5.27. The molecule has 0 spiro atoms. The van der Waals surface area contributed by atoms with Crippen molar-refractivity contribution in [2.24, 2.45) is 0 Å². The number of benzene rings is 2. The van der Waals surface area contributed by atoms with Crippen LogP contribution in [0.3, 0.4) is 0 Å². The number of carbonyl (C=O) groups excluding carboxylic acids is 1. The molecule has 1 saturated heterocycles. The number of aromatic nitrogens is 1. The highest BCUT2D eigenvalue weighted by Gasteiger charge is 2.31. The van der Waals surface area contributed by atoms with Crippen molar-refractivity contribution in [3.8, 4) is 5.75 Å². The van der Waals surface area contributed by atoms with Gasteiger partial charge in [0.15, 0.2) is 0 Å². The molecule has 1 unspecified atom stereocenters. The van der Waals surface area contributed by atoms with Gasteiger partial charge in [0.25, 0.3) is 0 Å². The highest BCUT2D eigenvalue weighted by molar-refractivity contribution is 5.79. The fraction of sp³-hybridized carbons (Fsp3) is 0.333. The van der Waals surface area contributed by atoms with Crippen molar-refractivity contribution in [3.63, 3.8) is 0 Å². The third-order valence-electron chi connectivity index (χ3n) is 5.44. The van der Waals surface area contributed by atoms with Gasteiger partial charge in [-0.05, 0) is 54.7 Å². The molecule has 2 heterocycles. The fourth-order valence-electron chi connectivity index (χ4n) is 3.95. The second kappa shape index (κ2) is 9.11. The average molecular weight is 408 g/mol. The van der Waals surface area contributed by atoms with Gasteiger partial charge >= 0.3 is 0 Å². The molecule has 2 aromatic carbocycles. The number of methoxy groups -OCH3 is 1. The molecule has 1 aliphatic rings. The van der Waals surface area contributed by atoms with E-state index in [1.54, 1.807) is 19.4 Å². The van der Waals surface area contributed by atoms with Crippen LogP contribution in [0.2, 0.25) is 0 Å². The van der Waals surface area contributed by atoms with Crippen LogP contribution in [0.25, 0.3) is 0 Å². The lowest BCUT2D eigenvalue weighted by atomic mass is 10.0. The van der Waals surface area contributed by atoms with Crippen molar-refractivity contribution in [1.29, 1.82) is 0 Å². The van der Waals surface area contributed by atoms with Gasteiger partial charge in [-0.25, -0.2) is 9.37 Å². The Labute approximate surface area is 175 Å². The second-order valence-corrected chi connectivity index (χ2v) is 7.60. The first-order chi connectivity index (χ1) is 14.6. The van der Waals surface area contributed by atoms with Gasteiger partial charge < -0.3 is 14.1 Å². The minimum absolute atomic E-state index is 0.0535. The first-order valence-electron chi connectivity index (χ1n) is 10.2. The van der Waals surface area contributed by atoms with E-state index in [2.05, 4.69) is 4.98 Å². The Balaban J connectivity index is 1.48. The topological polar surface area (TPSA) is 55.6 Å². The van der Waals surface area contributed by atoms with Gasteiger partial charge in [-0.2, -0.15) is 0 Å². The molecule has 6 heteroatoms. The lowest BCUT2D eigenvalue weighted by Crippen LogP contribution is -2.39. The number of halogens is 1. The molecule has 156 valence electrons. The molecule has 30 heavy (non-hydrogen) atoms. The molecule has 0 N–H and O–H groups in total. The van der Waals surface area contributed by atoms with Crippen molar-refractivity contribution in [1.82, 2.24) is 9.88 Å². The van der Waals surface area contributed by atoms with Gasteiger partial charge in [-0.1, -0.05) is 24.3 Å². The Hall–Kier alpha value is -3.15. The summed E-state index contributed by atoms with van der Waals surface area (Å²) >= 11 is 0. The molecule has 1 aromatic heterocycles. The molecule has 3 aromatic rings. The molecule has 0 bridgehead atoms.